The van der Waals surface area contributed by atoms with Crippen molar-refractivity contribution in [3.63, 3.8) is 0 Å². The van der Waals surface area contributed by atoms with E-state index in [1.54, 1.807) is 11.3 Å². The number of benzene rings is 2. The highest BCUT2D eigenvalue weighted by atomic mass is 32.1. The number of ether oxygens (including phenoxy) is 2. The molecule has 5 rings (SSSR count). The number of amides is 4. The van der Waals surface area contributed by atoms with Crippen LogP contribution in [0.25, 0.3) is 21.5 Å². The molecule has 0 spiro atoms. The van der Waals surface area contributed by atoms with E-state index in [0.29, 0.717) is 12.4 Å². The first-order valence-corrected chi connectivity index (χ1v) is 18.7. The molecule has 1 aliphatic heterocycles. The zero-order valence-electron chi connectivity index (χ0n) is 30.6. The van der Waals surface area contributed by atoms with Crippen molar-refractivity contribution in [3.05, 3.63) is 71.1 Å². The number of aryl methyl sites for hydroxylation is 1. The van der Waals surface area contributed by atoms with Crippen LogP contribution in [0.5, 0.6) is 0 Å². The van der Waals surface area contributed by atoms with E-state index in [2.05, 4.69) is 30.9 Å². The number of aromatic amines is 1. The summed E-state index contributed by atoms with van der Waals surface area (Å²) < 4.78 is 11.0. The number of imidazole rings is 1. The number of fused-ring (bicyclic) bond motifs is 1. The normalized spacial score (nSPS) is 16.4. The monoisotopic (exact) mass is 747 g/mol. The number of hydrogen-bond donors (Lipinski definition) is 5. The molecule has 53 heavy (non-hydrogen) atoms. The molecule has 0 saturated carbocycles. The van der Waals surface area contributed by atoms with E-state index in [-0.39, 0.29) is 76.5 Å². The van der Waals surface area contributed by atoms with E-state index in [9.17, 15) is 24.3 Å². The molecular weight excluding hydrogens is 699 g/mol. The first kappa shape index (κ1) is 39.5. The number of para-hydroxylation sites is 2. The Morgan fingerprint density at radius 1 is 0.962 bits per heavy atom. The number of rotatable bonds is 17. The van der Waals surface area contributed by atoms with Crippen molar-refractivity contribution in [2.45, 2.75) is 78.2 Å². The van der Waals surface area contributed by atoms with Gasteiger partial charge in [-0.1, -0.05) is 57.2 Å². The fourth-order valence-electron chi connectivity index (χ4n) is 6.03. The Balaban J connectivity index is 0.998. The molecular formula is C38H49N7O7S. The van der Waals surface area contributed by atoms with Crippen molar-refractivity contribution >= 4 is 46.0 Å². The third-order valence-corrected chi connectivity index (χ3v) is 9.90. The Hall–Kier alpha value is -4.70. The lowest BCUT2D eigenvalue weighted by Crippen LogP contribution is -2.57. The second kappa shape index (κ2) is 18.4. The number of H-pyrrole nitrogens is 1. The Morgan fingerprint density at radius 3 is 2.32 bits per heavy atom. The number of aromatic nitrogens is 3. The number of likely N-dealkylation sites (tertiary alicyclic amines) is 1. The smallest absolute Gasteiger partial charge is 0.246 e. The van der Waals surface area contributed by atoms with Gasteiger partial charge in [0.2, 0.25) is 23.6 Å². The van der Waals surface area contributed by atoms with Gasteiger partial charge in [-0.25, -0.2) is 9.97 Å². The molecule has 1 saturated heterocycles. The van der Waals surface area contributed by atoms with Crippen LogP contribution in [0.2, 0.25) is 0 Å². The number of carbonyl (C=O) groups excluding carboxylic acids is 4. The molecule has 284 valence electrons. The highest BCUT2D eigenvalue weighted by Gasteiger charge is 2.44. The second-order valence-corrected chi connectivity index (χ2v) is 15.0. The largest absolute Gasteiger partial charge is 0.391 e. The van der Waals surface area contributed by atoms with E-state index < -0.39 is 29.5 Å². The molecule has 3 atom stereocenters. The van der Waals surface area contributed by atoms with E-state index in [4.69, 9.17) is 9.47 Å². The summed E-state index contributed by atoms with van der Waals surface area (Å²) in [7, 11) is 0. The highest BCUT2D eigenvalue weighted by molar-refractivity contribution is 7.13. The number of nitrogens with zero attached hydrogens (tertiary/aromatic N) is 3. The van der Waals surface area contributed by atoms with Gasteiger partial charge >= 0.3 is 0 Å². The molecule has 1 aliphatic rings. The van der Waals surface area contributed by atoms with Crippen molar-refractivity contribution in [2.75, 3.05) is 33.0 Å². The summed E-state index contributed by atoms with van der Waals surface area (Å²) in [6.07, 6.45) is -0.558. The Labute approximate surface area is 313 Å². The lowest BCUT2D eigenvalue weighted by Gasteiger charge is -2.35. The van der Waals surface area contributed by atoms with Gasteiger partial charge in [-0.05, 0) is 35.6 Å². The van der Waals surface area contributed by atoms with Crippen LogP contribution in [0, 0.1) is 12.3 Å². The minimum Gasteiger partial charge on any atom is -0.391 e. The zero-order valence-corrected chi connectivity index (χ0v) is 31.5. The van der Waals surface area contributed by atoms with E-state index in [1.807, 2.05) is 81.7 Å². The van der Waals surface area contributed by atoms with E-state index in [0.717, 1.165) is 32.7 Å². The SMILES string of the molecule is Cc1ncsc1-c1ccc(CNC(=O)[C@@H]2C[C@@H](O)CN2C(=O)[C@@H](NC(=O)CCOCCOCCC(=O)NCc2nc3ccccc3[nH]2)C(C)(C)C)cc1. The summed E-state index contributed by atoms with van der Waals surface area (Å²) in [6, 6.07) is 13.7. The molecule has 0 bridgehead atoms. The molecule has 3 heterocycles. The van der Waals surface area contributed by atoms with Crippen molar-refractivity contribution in [3.8, 4) is 10.4 Å². The third kappa shape index (κ3) is 11.2. The Morgan fingerprint density at radius 2 is 1.66 bits per heavy atom. The van der Waals surface area contributed by atoms with Crippen LogP contribution < -0.4 is 16.0 Å². The first-order chi connectivity index (χ1) is 25.4. The standard InChI is InChI=1S/C38H49N7O7S/c1-24-34(53-23-41-24)26-11-9-25(10-12-26)20-40-36(49)30-19-27(46)22-45(30)37(50)35(38(2,3)4)44-33(48)14-16-52-18-17-51-15-13-32(47)39-21-31-42-28-7-5-6-8-29(28)43-31/h5-12,23,27,30,35,46H,13-22H2,1-4H3,(H,39,47)(H,40,49)(H,42,43)(H,44,48)/t27-,30+,35-/m1/s1. The topological polar surface area (TPSA) is 188 Å². The zero-order chi connectivity index (χ0) is 38.0. The van der Waals surface area contributed by atoms with Gasteiger partial charge < -0.3 is 40.4 Å². The molecule has 15 heteroatoms. The second-order valence-electron chi connectivity index (χ2n) is 14.1. The fraction of sp³-hybridized carbons (Fsp3) is 0.474. The minimum atomic E-state index is -0.931. The van der Waals surface area contributed by atoms with Gasteiger partial charge in [-0.15, -0.1) is 11.3 Å². The maximum Gasteiger partial charge on any atom is 0.246 e. The van der Waals surface area contributed by atoms with Gasteiger partial charge in [0.1, 0.15) is 17.9 Å². The van der Waals surface area contributed by atoms with Gasteiger partial charge in [-0.3, -0.25) is 19.2 Å². The fourth-order valence-corrected chi connectivity index (χ4v) is 6.84. The molecule has 4 amide bonds. The molecule has 0 aliphatic carbocycles. The average Bonchev–Trinajstić information content (AvgIpc) is 3.87. The number of thiazole rings is 1. The van der Waals surface area contributed by atoms with Crippen LogP contribution in [0.15, 0.2) is 54.0 Å². The number of aliphatic hydroxyl groups is 1. The molecule has 1 fully saturated rings. The molecule has 0 unspecified atom stereocenters. The molecule has 0 radical (unpaired) electrons. The van der Waals surface area contributed by atoms with Gasteiger partial charge in [0, 0.05) is 32.4 Å². The summed E-state index contributed by atoms with van der Waals surface area (Å²) >= 11 is 1.57. The summed E-state index contributed by atoms with van der Waals surface area (Å²) in [5, 5.41) is 19.0. The minimum absolute atomic E-state index is 0.00562. The summed E-state index contributed by atoms with van der Waals surface area (Å²) in [5.74, 6) is -0.656. The maximum atomic E-state index is 13.8. The molecule has 2 aromatic heterocycles. The van der Waals surface area contributed by atoms with Crippen molar-refractivity contribution < 1.29 is 33.8 Å². The number of aliphatic hydroxyl groups excluding tert-OH is 1. The number of nitrogens with one attached hydrogen (secondary N) is 4. The number of carbonyl (C=O) groups is 4. The van der Waals surface area contributed by atoms with E-state index in [1.165, 1.54) is 4.90 Å². The van der Waals surface area contributed by atoms with Gasteiger partial charge in [0.15, 0.2) is 0 Å². The van der Waals surface area contributed by atoms with Crippen LogP contribution in [0.1, 0.15) is 57.1 Å². The van der Waals surface area contributed by atoms with Crippen LogP contribution in [0.4, 0.5) is 0 Å². The quantitative estimate of drug-likeness (QED) is 0.101. The lowest BCUT2D eigenvalue weighted by molar-refractivity contribution is -0.144. The van der Waals surface area contributed by atoms with Crippen LogP contribution >= 0.6 is 11.3 Å². The third-order valence-electron chi connectivity index (χ3n) is 8.92. The molecule has 5 N–H and O–H groups in total. The summed E-state index contributed by atoms with van der Waals surface area (Å²) in [5.41, 5.74) is 5.80. The van der Waals surface area contributed by atoms with Crippen molar-refractivity contribution in [1.29, 1.82) is 0 Å². The van der Waals surface area contributed by atoms with Crippen molar-refractivity contribution in [2.24, 2.45) is 5.41 Å². The molecule has 14 nitrogen and oxygen atoms in total. The summed E-state index contributed by atoms with van der Waals surface area (Å²) in [4.78, 5) is 66.6. The Kier molecular flexibility index (Phi) is 13.7. The van der Waals surface area contributed by atoms with Crippen LogP contribution in [-0.2, 0) is 41.7 Å². The average molecular weight is 748 g/mol. The number of β-amino-alcohol motifs (C(OH)–C–C–N with tert-alkyl or cyclic N) is 1. The van der Waals surface area contributed by atoms with Crippen LogP contribution in [0.3, 0.4) is 0 Å². The van der Waals surface area contributed by atoms with Crippen molar-refractivity contribution in [1.82, 2.24) is 35.8 Å². The predicted molar refractivity (Wildman–Crippen MR) is 200 cm³/mol. The maximum absolute atomic E-state index is 13.8. The van der Waals surface area contributed by atoms with E-state index >= 15 is 0 Å². The molecule has 2 aromatic carbocycles. The first-order valence-electron chi connectivity index (χ1n) is 17.8. The highest BCUT2D eigenvalue weighted by Crippen LogP contribution is 2.28. The lowest BCUT2D eigenvalue weighted by atomic mass is 9.85. The van der Waals surface area contributed by atoms with Crippen LogP contribution in [-0.4, -0.2) is 99.7 Å². The summed E-state index contributed by atoms with van der Waals surface area (Å²) in [6.45, 7) is 8.83. The van der Waals surface area contributed by atoms with Gasteiger partial charge in [-0.2, -0.15) is 0 Å². The van der Waals surface area contributed by atoms with Gasteiger partial charge in [0.05, 0.1) is 66.2 Å². The van der Waals surface area contributed by atoms with Gasteiger partial charge in [0.25, 0.3) is 0 Å². The number of hydrogen-bond acceptors (Lipinski definition) is 10. The Bertz CT molecular complexity index is 1820. The predicted octanol–water partition coefficient (Wildman–Crippen LogP) is 3.23. The molecule has 4 aromatic rings.